The van der Waals surface area contributed by atoms with Crippen LogP contribution in [0.15, 0.2) is 30.6 Å². The zero-order valence-electron chi connectivity index (χ0n) is 7.89. The van der Waals surface area contributed by atoms with Gasteiger partial charge in [0, 0.05) is 23.2 Å². The molecule has 0 saturated heterocycles. The molecule has 0 aliphatic rings. The lowest BCUT2D eigenvalue weighted by Gasteiger charge is -1.96. The van der Waals surface area contributed by atoms with E-state index in [1.54, 1.807) is 24.5 Å². The van der Waals surface area contributed by atoms with E-state index in [-0.39, 0.29) is 12.3 Å². The van der Waals surface area contributed by atoms with Gasteiger partial charge in [-0.2, -0.15) is 0 Å². The monoisotopic (exact) mass is 253 g/mol. The van der Waals surface area contributed by atoms with Gasteiger partial charge >= 0.3 is 0 Å². The molecule has 0 aromatic carbocycles. The van der Waals surface area contributed by atoms with Crippen molar-refractivity contribution in [3.8, 4) is 0 Å². The first-order valence-corrected chi connectivity index (χ1v) is 5.56. The molecule has 0 unspecified atom stereocenters. The van der Waals surface area contributed by atoms with E-state index in [0.29, 0.717) is 10.8 Å². The first kappa shape index (κ1) is 9.86. The molecule has 3 aromatic heterocycles. The Labute approximate surface area is 99.7 Å². The lowest BCUT2D eigenvalue weighted by molar-refractivity contribution is 0.923. The smallest absolute Gasteiger partial charge is 0.171 e. The van der Waals surface area contributed by atoms with E-state index in [1.165, 1.54) is 3.97 Å². The van der Waals surface area contributed by atoms with Crippen molar-refractivity contribution in [2.45, 2.75) is 0 Å². The summed E-state index contributed by atoms with van der Waals surface area (Å²) in [6.07, 6.45) is 3.31. The Kier molecular flexibility index (Phi) is 2.22. The zero-order valence-corrected chi connectivity index (χ0v) is 9.46. The minimum absolute atomic E-state index is 0.111. The molecule has 3 rings (SSSR count). The lowest BCUT2D eigenvalue weighted by Crippen LogP contribution is -1.85. The fraction of sp³-hybridized carbons (Fsp3) is 0. The van der Waals surface area contributed by atoms with Crippen LogP contribution in [0.4, 0.5) is 3.89 Å². The van der Waals surface area contributed by atoms with Crippen LogP contribution in [0.2, 0.25) is 5.15 Å². The molecule has 3 heterocycles. The summed E-state index contributed by atoms with van der Waals surface area (Å²) in [4.78, 5) is 8.15. The summed E-state index contributed by atoms with van der Waals surface area (Å²) in [5, 5.41) is 2.06. The minimum atomic E-state index is 0.111. The van der Waals surface area contributed by atoms with Gasteiger partial charge < -0.3 is 0 Å². The fourth-order valence-corrected chi connectivity index (χ4v) is 2.33. The van der Waals surface area contributed by atoms with Gasteiger partial charge in [0.05, 0.1) is 5.52 Å². The topological polar surface area (TPSA) is 30.7 Å². The summed E-state index contributed by atoms with van der Waals surface area (Å²) in [5.74, 6) is 0. The van der Waals surface area contributed by atoms with Gasteiger partial charge in [0.15, 0.2) is 18.0 Å². The van der Waals surface area contributed by atoms with Crippen LogP contribution in [0.3, 0.4) is 0 Å². The summed E-state index contributed by atoms with van der Waals surface area (Å²) in [7, 11) is 0. The predicted molar refractivity (Wildman–Crippen MR) is 64.1 cm³/mol. The largest absolute Gasteiger partial charge is 0.264 e. The van der Waals surface area contributed by atoms with Gasteiger partial charge in [0.2, 0.25) is 0 Å². The average Bonchev–Trinajstić information content (AvgIpc) is 2.61. The highest BCUT2D eigenvalue weighted by molar-refractivity contribution is 7.93. The maximum absolute atomic E-state index is 12.9. The lowest BCUT2D eigenvalue weighted by atomic mass is 10.2. The highest BCUT2D eigenvalue weighted by atomic mass is 35.5. The Morgan fingerprint density at radius 2 is 2.12 bits per heavy atom. The van der Waals surface area contributed by atoms with E-state index in [9.17, 15) is 3.89 Å². The molecule has 0 atom stereocenters. The minimum Gasteiger partial charge on any atom is -0.264 e. The molecule has 6 heteroatoms. The highest BCUT2D eigenvalue weighted by Crippen LogP contribution is 2.31. The van der Waals surface area contributed by atoms with Crippen LogP contribution >= 0.6 is 23.9 Å². The highest BCUT2D eigenvalue weighted by Gasteiger charge is 2.12. The number of nitrogens with zero attached hydrogens (tertiary/aromatic N) is 3. The number of aromatic nitrogens is 3. The molecular formula is C10H5ClFN3S. The van der Waals surface area contributed by atoms with Gasteiger partial charge in [0.1, 0.15) is 5.15 Å². The van der Waals surface area contributed by atoms with Crippen LogP contribution in [-0.4, -0.2) is 13.9 Å². The van der Waals surface area contributed by atoms with Crippen molar-refractivity contribution in [1.29, 1.82) is 0 Å². The van der Waals surface area contributed by atoms with Crippen molar-refractivity contribution in [3.05, 3.63) is 35.7 Å². The molecular weight excluding hydrogens is 249 g/mol. The summed E-state index contributed by atoms with van der Waals surface area (Å²) in [6.45, 7) is 0. The summed E-state index contributed by atoms with van der Waals surface area (Å²) < 4.78 is 14.3. The molecule has 0 spiro atoms. The fourth-order valence-electron chi connectivity index (χ4n) is 1.75. The number of pyridine rings is 2. The van der Waals surface area contributed by atoms with Gasteiger partial charge in [0.25, 0.3) is 0 Å². The maximum Gasteiger partial charge on any atom is 0.171 e. The maximum atomic E-state index is 12.9. The molecule has 3 nitrogen and oxygen atoms in total. The third-order valence-corrected chi connectivity index (χ3v) is 3.13. The second kappa shape index (κ2) is 3.61. The second-order valence-corrected chi connectivity index (χ2v) is 4.15. The Hall–Kier alpha value is -1.33. The van der Waals surface area contributed by atoms with Crippen LogP contribution in [-0.2, 0) is 0 Å². The van der Waals surface area contributed by atoms with Crippen LogP contribution in [0, 0.1) is 0 Å². The van der Waals surface area contributed by atoms with Crippen molar-refractivity contribution in [1.82, 2.24) is 13.9 Å². The summed E-state index contributed by atoms with van der Waals surface area (Å²) in [6, 6.07) is 5.25. The molecule has 80 valence electrons. The molecule has 0 aliphatic heterocycles. The van der Waals surface area contributed by atoms with Crippen molar-refractivity contribution >= 4 is 45.9 Å². The van der Waals surface area contributed by atoms with Crippen LogP contribution in [0.25, 0.3) is 21.9 Å². The number of halogens is 2. The second-order valence-electron chi connectivity index (χ2n) is 3.26. The van der Waals surface area contributed by atoms with E-state index in [0.717, 1.165) is 16.3 Å². The SMILES string of the molecule is FSn1c2ccncc2c2ccc(Cl)nc21. The van der Waals surface area contributed by atoms with Crippen molar-refractivity contribution in [2.24, 2.45) is 0 Å². The van der Waals surface area contributed by atoms with E-state index in [1.807, 2.05) is 6.07 Å². The van der Waals surface area contributed by atoms with E-state index in [2.05, 4.69) is 9.97 Å². The molecule has 0 saturated carbocycles. The van der Waals surface area contributed by atoms with Gasteiger partial charge in [-0.25, -0.2) is 8.96 Å². The Bertz CT molecular complexity index is 682. The van der Waals surface area contributed by atoms with Gasteiger partial charge in [-0.15, -0.1) is 3.89 Å². The molecule has 0 fully saturated rings. The molecule has 0 N–H and O–H groups in total. The molecule has 16 heavy (non-hydrogen) atoms. The van der Waals surface area contributed by atoms with E-state index < -0.39 is 0 Å². The van der Waals surface area contributed by atoms with Crippen LogP contribution < -0.4 is 0 Å². The first-order valence-electron chi connectivity index (χ1n) is 4.51. The third kappa shape index (κ3) is 1.28. The zero-order chi connectivity index (χ0) is 11.1. The molecule has 0 bridgehead atoms. The number of hydrogen-bond acceptors (Lipinski definition) is 3. The van der Waals surface area contributed by atoms with Gasteiger partial charge in [-0.05, 0) is 18.2 Å². The Morgan fingerprint density at radius 1 is 1.25 bits per heavy atom. The molecule has 0 radical (unpaired) electrons. The predicted octanol–water partition coefficient (Wildman–Crippen LogP) is 3.62. The normalized spacial score (nSPS) is 11.4. The number of fused-ring (bicyclic) bond motifs is 3. The molecule has 0 amide bonds. The van der Waals surface area contributed by atoms with Crippen molar-refractivity contribution < 1.29 is 3.89 Å². The van der Waals surface area contributed by atoms with Crippen LogP contribution in [0.1, 0.15) is 0 Å². The standard InChI is InChI=1S/C10H5ClFN3S/c11-9-2-1-6-7-5-13-4-3-8(7)15(16-12)10(6)14-9/h1-5H. The Balaban J connectivity index is 2.58. The number of rotatable bonds is 1. The Morgan fingerprint density at radius 3 is 2.94 bits per heavy atom. The van der Waals surface area contributed by atoms with Gasteiger partial charge in [-0.1, -0.05) is 11.6 Å². The van der Waals surface area contributed by atoms with Crippen molar-refractivity contribution in [2.75, 3.05) is 0 Å². The quantitative estimate of drug-likeness (QED) is 0.621. The van der Waals surface area contributed by atoms with Crippen molar-refractivity contribution in [3.63, 3.8) is 0 Å². The third-order valence-electron chi connectivity index (χ3n) is 2.41. The molecule has 3 aromatic rings. The summed E-state index contributed by atoms with van der Waals surface area (Å²) in [5.41, 5.74) is 1.26. The number of hydrogen-bond donors (Lipinski definition) is 0. The van der Waals surface area contributed by atoms with Gasteiger partial charge in [-0.3, -0.25) is 4.98 Å². The van der Waals surface area contributed by atoms with E-state index in [4.69, 9.17) is 11.6 Å². The molecule has 0 aliphatic carbocycles. The average molecular weight is 254 g/mol. The van der Waals surface area contributed by atoms with E-state index >= 15 is 0 Å². The summed E-state index contributed by atoms with van der Waals surface area (Å²) >= 11 is 5.91. The van der Waals surface area contributed by atoms with Crippen LogP contribution in [0.5, 0.6) is 0 Å². The first-order chi connectivity index (χ1) is 7.81.